The second-order valence-corrected chi connectivity index (χ2v) is 9.26. The molecule has 2 rings (SSSR count). The number of alkyl halides is 1. The van der Waals surface area contributed by atoms with Crippen LogP contribution in [0.5, 0.6) is 0 Å². The molecule has 204 valence electrons. The van der Waals surface area contributed by atoms with Gasteiger partial charge in [0.2, 0.25) is 0 Å². The van der Waals surface area contributed by atoms with Crippen LogP contribution in [0.2, 0.25) is 0 Å². The lowest BCUT2D eigenvalue weighted by Gasteiger charge is -2.12. The van der Waals surface area contributed by atoms with Gasteiger partial charge in [-0.15, -0.1) is 0 Å². The lowest BCUT2D eigenvalue weighted by Crippen LogP contribution is -2.28. The van der Waals surface area contributed by atoms with Crippen LogP contribution in [0.3, 0.4) is 0 Å². The van der Waals surface area contributed by atoms with Crippen molar-refractivity contribution >= 4 is 55.7 Å². The Kier molecular flexibility index (Phi) is 18.0. The molecule has 37 heavy (non-hydrogen) atoms. The van der Waals surface area contributed by atoms with Crippen molar-refractivity contribution in [2.24, 2.45) is 5.92 Å². The molecule has 2 aromatic carbocycles. The summed E-state index contributed by atoms with van der Waals surface area (Å²) < 4.78 is 18.5. The summed E-state index contributed by atoms with van der Waals surface area (Å²) >= 11 is 6.73. The van der Waals surface area contributed by atoms with Crippen molar-refractivity contribution in [3.8, 4) is 0 Å². The van der Waals surface area contributed by atoms with Gasteiger partial charge in [0.1, 0.15) is 6.42 Å². The second-order valence-electron chi connectivity index (χ2n) is 7.79. The number of ether oxygens (including phenoxy) is 4. The number of benzene rings is 2. The largest absolute Gasteiger partial charge is 0.469 e. The lowest BCUT2D eigenvalue weighted by atomic mass is 10.00. The second kappa shape index (κ2) is 19.4. The van der Waals surface area contributed by atoms with Crippen molar-refractivity contribution < 1.29 is 38.1 Å². The standard InChI is InChI=1S/C12H13BrO4.C10H13Br.C5H8O4/c1-16-11(14)10(12(15)17-2)7-8-3-5-9(13)6-4-8;1-8(2)10-5-3-9(7-11)4-6-10;1-8-4(6)3-5(7)9-2/h3-6,10H,7H2,1-2H3;3-6,8H,7H2,1-2H3;3H2,1-2H3. The highest BCUT2D eigenvalue weighted by molar-refractivity contribution is 9.10. The van der Waals surface area contributed by atoms with E-state index in [0.717, 1.165) is 15.4 Å². The molecule has 0 aliphatic heterocycles. The Labute approximate surface area is 235 Å². The average Bonchev–Trinajstić information content (AvgIpc) is 2.92. The van der Waals surface area contributed by atoms with E-state index in [2.05, 4.69) is 88.9 Å². The van der Waals surface area contributed by atoms with Crippen molar-refractivity contribution in [1.82, 2.24) is 0 Å². The molecule has 0 bridgehead atoms. The van der Waals surface area contributed by atoms with Gasteiger partial charge < -0.3 is 18.9 Å². The van der Waals surface area contributed by atoms with Gasteiger partial charge in [0.05, 0.1) is 28.4 Å². The Balaban J connectivity index is 0.000000561. The summed E-state index contributed by atoms with van der Waals surface area (Å²) in [7, 11) is 4.93. The van der Waals surface area contributed by atoms with E-state index in [0.29, 0.717) is 5.92 Å². The SMILES string of the molecule is CC(C)c1ccc(CBr)cc1.COC(=O)C(Cc1ccc(Br)cc1)C(=O)OC.COC(=O)CC(=O)OC. The molecule has 0 spiro atoms. The molecule has 0 saturated heterocycles. The molecular weight excluding hydrogens is 612 g/mol. The monoisotopic (exact) mass is 644 g/mol. The molecule has 2 aromatic rings. The van der Waals surface area contributed by atoms with Crippen LogP contribution in [0, 0.1) is 5.92 Å². The first-order valence-electron chi connectivity index (χ1n) is 11.2. The number of carbonyl (C=O) groups excluding carboxylic acids is 4. The first-order chi connectivity index (χ1) is 17.5. The van der Waals surface area contributed by atoms with Gasteiger partial charge in [-0.3, -0.25) is 19.2 Å². The third-order valence-corrected chi connectivity index (χ3v) is 6.05. The third-order valence-electron chi connectivity index (χ3n) is 4.87. The van der Waals surface area contributed by atoms with Crippen molar-refractivity contribution in [2.45, 2.75) is 37.9 Å². The summed E-state index contributed by atoms with van der Waals surface area (Å²) in [6, 6.07) is 16.1. The van der Waals surface area contributed by atoms with E-state index in [1.54, 1.807) is 0 Å². The van der Waals surface area contributed by atoms with E-state index in [4.69, 9.17) is 0 Å². The number of hydrogen-bond donors (Lipinski definition) is 0. The molecule has 0 atom stereocenters. The quantitative estimate of drug-likeness (QED) is 0.163. The fraction of sp³-hybridized carbons (Fsp3) is 0.407. The summed E-state index contributed by atoms with van der Waals surface area (Å²) in [5.41, 5.74) is 3.62. The Morgan fingerprint density at radius 2 is 1.14 bits per heavy atom. The fourth-order valence-corrected chi connectivity index (χ4v) is 3.30. The molecule has 0 amide bonds. The van der Waals surface area contributed by atoms with E-state index < -0.39 is 29.8 Å². The molecule has 0 aliphatic carbocycles. The van der Waals surface area contributed by atoms with E-state index in [1.165, 1.54) is 39.6 Å². The molecule has 0 radical (unpaired) electrons. The predicted molar refractivity (Wildman–Crippen MR) is 147 cm³/mol. The maximum atomic E-state index is 11.5. The van der Waals surface area contributed by atoms with Crippen molar-refractivity contribution in [3.63, 3.8) is 0 Å². The first kappa shape index (κ1) is 34.3. The molecule has 8 nitrogen and oxygen atoms in total. The summed E-state index contributed by atoms with van der Waals surface area (Å²) in [5, 5.41) is 0.950. The number of carbonyl (C=O) groups is 4. The van der Waals surface area contributed by atoms with E-state index >= 15 is 0 Å². The van der Waals surface area contributed by atoms with Crippen molar-refractivity contribution in [2.75, 3.05) is 28.4 Å². The minimum Gasteiger partial charge on any atom is -0.469 e. The molecule has 0 unspecified atom stereocenters. The zero-order valence-electron chi connectivity index (χ0n) is 21.9. The summed E-state index contributed by atoms with van der Waals surface area (Å²) in [5.74, 6) is -2.60. The van der Waals surface area contributed by atoms with Gasteiger partial charge in [0.15, 0.2) is 5.92 Å². The normalized spacial score (nSPS) is 9.78. The summed E-state index contributed by atoms with van der Waals surface area (Å²) in [6.45, 7) is 4.42. The third kappa shape index (κ3) is 14.6. The van der Waals surface area contributed by atoms with Crippen LogP contribution >= 0.6 is 31.9 Å². The molecule has 10 heteroatoms. The maximum Gasteiger partial charge on any atom is 0.320 e. The molecule has 0 fully saturated rings. The smallest absolute Gasteiger partial charge is 0.320 e. The van der Waals surface area contributed by atoms with E-state index in [9.17, 15) is 19.2 Å². The number of hydrogen-bond acceptors (Lipinski definition) is 8. The van der Waals surface area contributed by atoms with E-state index in [1.807, 2.05) is 24.3 Å². The Bertz CT molecular complexity index is 943. The number of rotatable bonds is 8. The lowest BCUT2D eigenvalue weighted by molar-refractivity contribution is -0.159. The Hall–Kier alpha value is -2.72. The summed E-state index contributed by atoms with van der Waals surface area (Å²) in [4.78, 5) is 43.4. The molecule has 0 N–H and O–H groups in total. The molecule has 0 heterocycles. The highest BCUT2D eigenvalue weighted by Gasteiger charge is 2.28. The predicted octanol–water partition coefficient (Wildman–Crippen LogP) is 5.38. The first-order valence-corrected chi connectivity index (χ1v) is 13.1. The fourth-order valence-electron chi connectivity index (χ4n) is 2.66. The average molecular weight is 646 g/mol. The van der Waals surface area contributed by atoms with Crippen LogP contribution in [0.15, 0.2) is 53.0 Å². The molecule has 0 aliphatic rings. The maximum absolute atomic E-state index is 11.5. The van der Waals surface area contributed by atoms with Gasteiger partial charge in [-0.2, -0.15) is 0 Å². The van der Waals surface area contributed by atoms with Gasteiger partial charge >= 0.3 is 23.9 Å². The summed E-state index contributed by atoms with van der Waals surface area (Å²) in [6.07, 6.45) is -0.0420. The van der Waals surface area contributed by atoms with Crippen LogP contribution in [0.1, 0.15) is 42.9 Å². The number of halogens is 2. The zero-order chi connectivity index (χ0) is 28.4. The highest BCUT2D eigenvalue weighted by atomic mass is 79.9. The van der Waals surface area contributed by atoms with Crippen LogP contribution in [0.4, 0.5) is 0 Å². The Morgan fingerprint density at radius 3 is 1.49 bits per heavy atom. The van der Waals surface area contributed by atoms with Gasteiger partial charge in [-0.1, -0.05) is 82.1 Å². The molecule has 0 aromatic heterocycles. The van der Waals surface area contributed by atoms with Crippen LogP contribution < -0.4 is 0 Å². The number of methoxy groups -OCH3 is 4. The van der Waals surface area contributed by atoms with Crippen molar-refractivity contribution in [1.29, 1.82) is 0 Å². The Morgan fingerprint density at radius 1 is 0.703 bits per heavy atom. The van der Waals surface area contributed by atoms with Crippen molar-refractivity contribution in [3.05, 3.63) is 69.7 Å². The molecule has 0 saturated carbocycles. The van der Waals surface area contributed by atoms with Gasteiger partial charge in [0.25, 0.3) is 0 Å². The highest BCUT2D eigenvalue weighted by Crippen LogP contribution is 2.16. The minimum absolute atomic E-state index is 0.270. The van der Waals surface area contributed by atoms with Crippen LogP contribution in [-0.4, -0.2) is 52.3 Å². The van der Waals surface area contributed by atoms with Gasteiger partial charge in [-0.05, 0) is 41.2 Å². The molecular formula is C27H34Br2O8. The number of esters is 4. The van der Waals surface area contributed by atoms with Gasteiger partial charge in [0, 0.05) is 9.80 Å². The zero-order valence-corrected chi connectivity index (χ0v) is 25.1. The topological polar surface area (TPSA) is 105 Å². The minimum atomic E-state index is -0.911. The van der Waals surface area contributed by atoms with Crippen LogP contribution in [0.25, 0.3) is 0 Å². The van der Waals surface area contributed by atoms with Crippen LogP contribution in [-0.2, 0) is 49.9 Å². The van der Waals surface area contributed by atoms with E-state index in [-0.39, 0.29) is 12.8 Å². The van der Waals surface area contributed by atoms with Gasteiger partial charge in [-0.25, -0.2) is 0 Å².